The summed E-state index contributed by atoms with van der Waals surface area (Å²) >= 11 is 10.5. The van der Waals surface area contributed by atoms with Crippen LogP contribution in [0.2, 0.25) is 0 Å². The summed E-state index contributed by atoms with van der Waals surface area (Å²) in [4.78, 5) is 0. The van der Waals surface area contributed by atoms with E-state index in [4.69, 9.17) is 5.73 Å². The van der Waals surface area contributed by atoms with Crippen LogP contribution in [0.25, 0.3) is 0 Å². The lowest BCUT2D eigenvalue weighted by Crippen LogP contribution is -2.12. The van der Waals surface area contributed by atoms with Crippen molar-refractivity contribution in [3.05, 3.63) is 66.5 Å². The number of benzene rings is 2. The highest BCUT2D eigenvalue weighted by Gasteiger charge is 2.13. The molecule has 0 radical (unpaired) electrons. The minimum Gasteiger partial charge on any atom is -0.320 e. The Morgan fingerprint density at radius 1 is 0.944 bits per heavy atom. The summed E-state index contributed by atoms with van der Waals surface area (Å²) in [6.45, 7) is 2.07. The van der Waals surface area contributed by atoms with Gasteiger partial charge in [-0.3, -0.25) is 0 Å². The van der Waals surface area contributed by atoms with E-state index in [1.54, 1.807) is 0 Å². The highest BCUT2D eigenvalue weighted by Crippen LogP contribution is 2.30. The topological polar surface area (TPSA) is 26.0 Å². The summed E-state index contributed by atoms with van der Waals surface area (Å²) < 4.78 is 3.16. The first-order chi connectivity index (χ1) is 8.49. The molecule has 1 nitrogen and oxygen atoms in total. The van der Waals surface area contributed by atoms with E-state index in [2.05, 4.69) is 66.8 Å². The Labute approximate surface area is 132 Å². The van der Waals surface area contributed by atoms with E-state index in [0.29, 0.717) is 0 Å². The Balaban J connectivity index is 2.44. The Kier molecular flexibility index (Phi) is 4.64. The largest absolute Gasteiger partial charge is 0.320 e. The van der Waals surface area contributed by atoms with Crippen LogP contribution in [-0.2, 0) is 0 Å². The van der Waals surface area contributed by atoms with Crippen molar-refractivity contribution in [2.45, 2.75) is 13.0 Å². The predicted octanol–water partition coefficient (Wildman–Crippen LogP) is 5.33. The van der Waals surface area contributed by atoms with E-state index in [9.17, 15) is 0 Å². The first-order valence-corrected chi connectivity index (χ1v) is 7.83. The minimum atomic E-state index is -0.135. The van der Waals surface area contributed by atoms with E-state index in [1.807, 2.05) is 24.3 Å². The highest BCUT2D eigenvalue weighted by molar-refractivity contribution is 9.11. The fourth-order valence-electron chi connectivity index (χ4n) is 1.79. The van der Waals surface area contributed by atoms with E-state index >= 15 is 0 Å². The molecule has 0 aliphatic heterocycles. The molecule has 1 unspecified atom stereocenters. The predicted molar refractivity (Wildman–Crippen MR) is 86.8 cm³/mol. The maximum Gasteiger partial charge on any atom is 0.0563 e. The molecule has 0 fully saturated rings. The average molecular weight is 434 g/mol. The molecule has 0 saturated carbocycles. The third-order valence-electron chi connectivity index (χ3n) is 2.83. The molecule has 4 heteroatoms. The van der Waals surface area contributed by atoms with Crippen molar-refractivity contribution < 1.29 is 0 Å². The van der Waals surface area contributed by atoms with Gasteiger partial charge in [-0.1, -0.05) is 59.9 Å². The zero-order valence-electron chi connectivity index (χ0n) is 9.75. The average Bonchev–Trinajstić information content (AvgIpc) is 2.35. The van der Waals surface area contributed by atoms with Crippen LogP contribution in [0.15, 0.2) is 49.8 Å². The van der Waals surface area contributed by atoms with E-state index in [-0.39, 0.29) is 6.04 Å². The molecule has 0 saturated heterocycles. The molecule has 2 aromatic rings. The van der Waals surface area contributed by atoms with Crippen molar-refractivity contribution >= 4 is 47.8 Å². The van der Waals surface area contributed by atoms with Crippen LogP contribution in [0, 0.1) is 6.92 Å². The number of hydrogen-bond donors (Lipinski definition) is 1. The van der Waals surface area contributed by atoms with Gasteiger partial charge in [-0.25, -0.2) is 0 Å². The van der Waals surface area contributed by atoms with Crippen molar-refractivity contribution in [2.24, 2.45) is 5.73 Å². The smallest absolute Gasteiger partial charge is 0.0563 e. The third kappa shape index (κ3) is 3.05. The normalized spacial score (nSPS) is 12.5. The zero-order chi connectivity index (χ0) is 13.3. The first-order valence-electron chi connectivity index (χ1n) is 5.45. The van der Waals surface area contributed by atoms with Gasteiger partial charge in [0.1, 0.15) is 0 Å². The Bertz CT molecular complexity index is 581. The summed E-state index contributed by atoms with van der Waals surface area (Å²) in [6.07, 6.45) is 0. The van der Waals surface area contributed by atoms with Gasteiger partial charge >= 0.3 is 0 Å². The number of nitrogens with two attached hydrogens (primary N) is 1. The van der Waals surface area contributed by atoms with Crippen LogP contribution < -0.4 is 5.73 Å². The maximum absolute atomic E-state index is 6.34. The number of rotatable bonds is 2. The van der Waals surface area contributed by atoms with Gasteiger partial charge in [0.2, 0.25) is 0 Å². The van der Waals surface area contributed by atoms with Crippen molar-refractivity contribution in [3.8, 4) is 0 Å². The number of aryl methyl sites for hydroxylation is 1. The molecule has 18 heavy (non-hydrogen) atoms. The summed E-state index contributed by atoms with van der Waals surface area (Å²) in [6, 6.07) is 12.1. The van der Waals surface area contributed by atoms with E-state index in [1.165, 1.54) is 5.56 Å². The standard InChI is InChI=1S/C14H12Br3N/c1-8-6-9(2-4-12(8)16)14(18)11-7-10(15)3-5-13(11)17/h2-7,14H,18H2,1H3. The summed E-state index contributed by atoms with van der Waals surface area (Å²) in [7, 11) is 0. The second-order valence-electron chi connectivity index (χ2n) is 4.15. The van der Waals surface area contributed by atoms with Gasteiger partial charge < -0.3 is 5.73 Å². The van der Waals surface area contributed by atoms with Gasteiger partial charge in [0.25, 0.3) is 0 Å². The van der Waals surface area contributed by atoms with Crippen molar-refractivity contribution in [3.63, 3.8) is 0 Å². The molecule has 0 spiro atoms. The lowest BCUT2D eigenvalue weighted by molar-refractivity contribution is 0.862. The molecule has 1 atom stereocenters. The van der Waals surface area contributed by atoms with Crippen LogP contribution in [-0.4, -0.2) is 0 Å². The molecule has 0 aliphatic carbocycles. The molecule has 2 aromatic carbocycles. The maximum atomic E-state index is 6.34. The van der Waals surface area contributed by atoms with Gasteiger partial charge in [-0.15, -0.1) is 0 Å². The van der Waals surface area contributed by atoms with Crippen molar-refractivity contribution in [1.82, 2.24) is 0 Å². The molecule has 2 rings (SSSR count). The molecule has 0 bridgehead atoms. The summed E-state index contributed by atoms with van der Waals surface area (Å²) in [5, 5.41) is 0. The Hall–Kier alpha value is -0.160. The van der Waals surface area contributed by atoms with Crippen molar-refractivity contribution in [2.75, 3.05) is 0 Å². The summed E-state index contributed by atoms with van der Waals surface area (Å²) in [5.41, 5.74) is 9.71. The third-order valence-corrected chi connectivity index (χ3v) is 4.94. The van der Waals surface area contributed by atoms with Crippen LogP contribution in [0.1, 0.15) is 22.7 Å². The van der Waals surface area contributed by atoms with Gasteiger partial charge in [0.15, 0.2) is 0 Å². The molecule has 0 aromatic heterocycles. The van der Waals surface area contributed by atoms with Crippen LogP contribution >= 0.6 is 47.8 Å². The molecule has 94 valence electrons. The van der Waals surface area contributed by atoms with Gasteiger partial charge in [-0.2, -0.15) is 0 Å². The Morgan fingerprint density at radius 3 is 2.28 bits per heavy atom. The monoisotopic (exact) mass is 431 g/mol. The molecule has 0 amide bonds. The lowest BCUT2D eigenvalue weighted by Gasteiger charge is -2.16. The second-order valence-corrected chi connectivity index (χ2v) is 6.78. The quantitative estimate of drug-likeness (QED) is 0.680. The van der Waals surface area contributed by atoms with Crippen LogP contribution in [0.5, 0.6) is 0 Å². The highest BCUT2D eigenvalue weighted by atomic mass is 79.9. The minimum absolute atomic E-state index is 0.135. The SMILES string of the molecule is Cc1cc(C(N)c2cc(Br)ccc2Br)ccc1Br. The van der Waals surface area contributed by atoms with E-state index in [0.717, 1.165) is 24.5 Å². The first kappa shape index (κ1) is 14.3. The van der Waals surface area contributed by atoms with E-state index < -0.39 is 0 Å². The van der Waals surface area contributed by atoms with Gasteiger partial charge in [0.05, 0.1) is 6.04 Å². The van der Waals surface area contributed by atoms with Crippen LogP contribution in [0.4, 0.5) is 0 Å². The van der Waals surface area contributed by atoms with Gasteiger partial charge in [-0.05, 0) is 47.9 Å². The second kappa shape index (κ2) is 5.87. The molecular formula is C14H12Br3N. The zero-order valence-corrected chi connectivity index (χ0v) is 14.5. The van der Waals surface area contributed by atoms with Gasteiger partial charge in [0, 0.05) is 13.4 Å². The summed E-state index contributed by atoms with van der Waals surface area (Å²) in [5.74, 6) is 0. The van der Waals surface area contributed by atoms with Crippen LogP contribution in [0.3, 0.4) is 0 Å². The van der Waals surface area contributed by atoms with Crippen molar-refractivity contribution in [1.29, 1.82) is 0 Å². The lowest BCUT2D eigenvalue weighted by atomic mass is 9.98. The number of hydrogen-bond acceptors (Lipinski definition) is 1. The molecule has 2 N–H and O–H groups in total. The molecule has 0 heterocycles. The number of halogens is 3. The fourth-order valence-corrected chi connectivity index (χ4v) is 2.91. The fraction of sp³-hybridized carbons (Fsp3) is 0.143. The Morgan fingerprint density at radius 2 is 1.61 bits per heavy atom. The molecular weight excluding hydrogens is 422 g/mol. The molecule has 0 aliphatic rings.